The molecule has 1 N–H and O–H groups in total. The Morgan fingerprint density at radius 3 is 2.45 bits per heavy atom. The molecule has 0 unspecified atom stereocenters. The van der Waals surface area contributed by atoms with Crippen molar-refractivity contribution in [2.24, 2.45) is 5.10 Å². The van der Waals surface area contributed by atoms with Crippen LogP contribution in [0.2, 0.25) is 0 Å². The summed E-state index contributed by atoms with van der Waals surface area (Å²) in [5, 5.41) is 9.48. The van der Waals surface area contributed by atoms with Gasteiger partial charge in [-0.1, -0.05) is 49.2 Å². The van der Waals surface area contributed by atoms with Gasteiger partial charge in [-0.3, -0.25) is 9.59 Å². The number of nitrogens with zero attached hydrogens (tertiary/aromatic N) is 3. The third kappa shape index (κ3) is 4.42. The topological polar surface area (TPSA) is 76.3 Å². The highest BCUT2D eigenvalue weighted by atomic mass is 16.2. The van der Waals surface area contributed by atoms with Crippen LogP contribution in [0.1, 0.15) is 52.5 Å². The number of carbonyl (C=O) groups is 1. The first kappa shape index (κ1) is 20.5. The Labute approximate surface area is 170 Å². The van der Waals surface area contributed by atoms with Crippen molar-refractivity contribution in [2.45, 2.75) is 47.1 Å². The average molecular weight is 390 g/mol. The summed E-state index contributed by atoms with van der Waals surface area (Å²) in [6, 6.07) is 11.2. The summed E-state index contributed by atoms with van der Waals surface area (Å²) in [5.41, 5.74) is 6.93. The third-order valence-corrected chi connectivity index (χ3v) is 4.90. The second kappa shape index (κ2) is 8.82. The number of amides is 1. The van der Waals surface area contributed by atoms with Gasteiger partial charge in [-0.05, 0) is 44.4 Å². The van der Waals surface area contributed by atoms with Crippen molar-refractivity contribution in [3.63, 3.8) is 0 Å². The molecule has 0 aliphatic heterocycles. The summed E-state index contributed by atoms with van der Waals surface area (Å²) >= 11 is 0. The molecule has 6 heteroatoms. The molecule has 6 nitrogen and oxygen atoms in total. The summed E-state index contributed by atoms with van der Waals surface area (Å²) in [7, 11) is 0. The number of hydrogen-bond donors (Lipinski definition) is 1. The second-order valence-electron chi connectivity index (χ2n) is 7.29. The van der Waals surface area contributed by atoms with E-state index in [-0.39, 0.29) is 11.3 Å². The summed E-state index contributed by atoms with van der Waals surface area (Å²) in [6.07, 6.45) is 3.40. The van der Waals surface area contributed by atoms with Crippen LogP contribution in [0.3, 0.4) is 0 Å². The first-order valence-corrected chi connectivity index (χ1v) is 9.83. The van der Waals surface area contributed by atoms with E-state index >= 15 is 0 Å². The van der Waals surface area contributed by atoms with Gasteiger partial charge in [0.1, 0.15) is 0 Å². The van der Waals surface area contributed by atoms with E-state index in [0.29, 0.717) is 17.3 Å². The van der Waals surface area contributed by atoms with Gasteiger partial charge in [0, 0.05) is 17.5 Å². The van der Waals surface area contributed by atoms with Crippen LogP contribution in [0, 0.1) is 20.8 Å². The van der Waals surface area contributed by atoms with Gasteiger partial charge in [-0.2, -0.15) is 10.2 Å². The molecule has 0 fully saturated rings. The number of carbonyl (C=O) groups excluding carboxylic acids is 1. The van der Waals surface area contributed by atoms with E-state index < -0.39 is 5.91 Å². The molecule has 0 bridgehead atoms. The van der Waals surface area contributed by atoms with Crippen LogP contribution in [0.25, 0.3) is 10.8 Å². The van der Waals surface area contributed by atoms with Crippen molar-refractivity contribution in [3.8, 4) is 0 Å². The van der Waals surface area contributed by atoms with Crippen molar-refractivity contribution in [2.75, 3.05) is 0 Å². The van der Waals surface area contributed by atoms with Crippen molar-refractivity contribution in [1.29, 1.82) is 0 Å². The average Bonchev–Trinajstić information content (AvgIpc) is 2.69. The van der Waals surface area contributed by atoms with Crippen LogP contribution in [0.5, 0.6) is 0 Å². The predicted molar refractivity (Wildman–Crippen MR) is 117 cm³/mol. The summed E-state index contributed by atoms with van der Waals surface area (Å²) < 4.78 is 1.37. The largest absolute Gasteiger partial charge is 0.292 e. The smallest absolute Gasteiger partial charge is 0.267 e. The van der Waals surface area contributed by atoms with Crippen LogP contribution >= 0.6 is 0 Å². The van der Waals surface area contributed by atoms with E-state index in [2.05, 4.69) is 27.8 Å². The molecular weight excluding hydrogens is 364 g/mol. The number of benzene rings is 2. The van der Waals surface area contributed by atoms with Gasteiger partial charge in [0.2, 0.25) is 0 Å². The highest BCUT2D eigenvalue weighted by Gasteiger charge is 2.16. The van der Waals surface area contributed by atoms with E-state index in [0.717, 1.165) is 29.5 Å². The van der Waals surface area contributed by atoms with Gasteiger partial charge in [0.15, 0.2) is 5.69 Å². The molecule has 0 aliphatic carbocycles. The van der Waals surface area contributed by atoms with E-state index in [1.54, 1.807) is 30.5 Å². The van der Waals surface area contributed by atoms with Crippen molar-refractivity contribution in [3.05, 3.63) is 74.7 Å². The summed E-state index contributed by atoms with van der Waals surface area (Å²) in [6.45, 7) is 8.60. The van der Waals surface area contributed by atoms with Crippen molar-refractivity contribution in [1.82, 2.24) is 15.2 Å². The Morgan fingerprint density at radius 2 is 1.79 bits per heavy atom. The minimum atomic E-state index is -0.440. The van der Waals surface area contributed by atoms with Crippen LogP contribution in [-0.2, 0) is 6.54 Å². The zero-order valence-electron chi connectivity index (χ0n) is 17.3. The molecule has 3 aromatic rings. The highest BCUT2D eigenvalue weighted by molar-refractivity contribution is 6.05. The molecule has 2 aromatic carbocycles. The number of nitrogens with one attached hydrogen (secondary N) is 1. The van der Waals surface area contributed by atoms with Gasteiger partial charge in [0.05, 0.1) is 11.6 Å². The Bertz CT molecular complexity index is 1120. The molecule has 1 amide bonds. The summed E-state index contributed by atoms with van der Waals surface area (Å²) in [4.78, 5) is 25.5. The Hall–Kier alpha value is -3.28. The van der Waals surface area contributed by atoms with Gasteiger partial charge in [-0.15, -0.1) is 0 Å². The van der Waals surface area contributed by atoms with Crippen LogP contribution in [-0.4, -0.2) is 21.9 Å². The van der Waals surface area contributed by atoms with Crippen molar-refractivity contribution < 1.29 is 4.79 Å². The van der Waals surface area contributed by atoms with E-state index in [9.17, 15) is 9.59 Å². The molecular formula is C23H26N4O2. The maximum atomic E-state index is 12.8. The maximum Gasteiger partial charge on any atom is 0.292 e. The summed E-state index contributed by atoms with van der Waals surface area (Å²) in [5.74, 6) is -0.440. The fraction of sp³-hybridized carbons (Fsp3) is 0.304. The molecule has 1 aromatic heterocycles. The van der Waals surface area contributed by atoms with E-state index in [1.165, 1.54) is 10.2 Å². The van der Waals surface area contributed by atoms with Crippen molar-refractivity contribution >= 4 is 22.9 Å². The van der Waals surface area contributed by atoms with E-state index in [1.807, 2.05) is 27.7 Å². The standard InChI is InChI=1S/C23H26N4O2/c1-5-6-11-27-23(29)19-10-8-7-9-18(19)21(26-27)22(28)25-24-14-20-16(3)12-15(2)13-17(20)4/h7-10,12-14H,5-6,11H2,1-4H3,(H,25,28)/b24-14-. The maximum absolute atomic E-state index is 12.8. The first-order valence-electron chi connectivity index (χ1n) is 9.83. The molecule has 1 heterocycles. The number of hydrazone groups is 1. The molecule has 29 heavy (non-hydrogen) atoms. The molecule has 0 spiro atoms. The predicted octanol–water partition coefficient (Wildman–Crippen LogP) is 3.89. The number of aryl methyl sites for hydroxylation is 4. The van der Waals surface area contributed by atoms with Crippen LogP contribution in [0.4, 0.5) is 0 Å². The SMILES string of the molecule is CCCCn1nc(C(=O)N/N=C\c2c(C)cc(C)cc2C)c2ccccc2c1=O. The first-order chi connectivity index (χ1) is 13.9. The quantitative estimate of drug-likeness (QED) is 0.512. The third-order valence-electron chi connectivity index (χ3n) is 4.90. The number of rotatable bonds is 6. The normalized spacial score (nSPS) is 11.3. The molecule has 3 rings (SSSR count). The molecule has 0 saturated heterocycles. The number of hydrogen-bond acceptors (Lipinski definition) is 4. The lowest BCUT2D eigenvalue weighted by molar-refractivity contribution is 0.0949. The highest BCUT2D eigenvalue weighted by Crippen LogP contribution is 2.15. The monoisotopic (exact) mass is 390 g/mol. The second-order valence-corrected chi connectivity index (χ2v) is 7.29. The molecule has 150 valence electrons. The Morgan fingerprint density at radius 1 is 1.14 bits per heavy atom. The molecule has 0 aliphatic rings. The lowest BCUT2D eigenvalue weighted by Crippen LogP contribution is -2.29. The lowest BCUT2D eigenvalue weighted by Gasteiger charge is -2.10. The van der Waals surface area contributed by atoms with Crippen LogP contribution in [0.15, 0.2) is 46.3 Å². The fourth-order valence-electron chi connectivity index (χ4n) is 3.47. The Balaban J connectivity index is 1.93. The number of fused-ring (bicyclic) bond motifs is 1. The van der Waals surface area contributed by atoms with Gasteiger partial charge < -0.3 is 0 Å². The minimum absolute atomic E-state index is 0.181. The molecule has 0 radical (unpaired) electrons. The zero-order chi connectivity index (χ0) is 21.0. The Kier molecular flexibility index (Phi) is 6.22. The number of unbranched alkanes of at least 4 members (excludes halogenated alkanes) is 1. The van der Waals surface area contributed by atoms with Crippen LogP contribution < -0.4 is 11.0 Å². The fourth-order valence-corrected chi connectivity index (χ4v) is 3.47. The van der Waals surface area contributed by atoms with Gasteiger partial charge >= 0.3 is 0 Å². The zero-order valence-corrected chi connectivity index (χ0v) is 17.3. The van der Waals surface area contributed by atoms with Gasteiger partial charge in [-0.25, -0.2) is 10.1 Å². The molecule has 0 atom stereocenters. The molecule has 0 saturated carbocycles. The minimum Gasteiger partial charge on any atom is -0.267 e. The van der Waals surface area contributed by atoms with Gasteiger partial charge in [0.25, 0.3) is 11.5 Å². The lowest BCUT2D eigenvalue weighted by atomic mass is 10.0. The number of aromatic nitrogens is 2. The van der Waals surface area contributed by atoms with E-state index in [4.69, 9.17) is 0 Å².